The van der Waals surface area contributed by atoms with Crippen molar-refractivity contribution in [3.63, 3.8) is 0 Å². The van der Waals surface area contributed by atoms with Crippen LogP contribution < -0.4 is 5.32 Å². The number of benzene rings is 1. The molecule has 2 aliphatic heterocycles. The zero-order valence-corrected chi connectivity index (χ0v) is 11.5. The first-order chi connectivity index (χ1) is 9.22. The van der Waals surface area contributed by atoms with Gasteiger partial charge in [-0.3, -0.25) is 0 Å². The lowest BCUT2D eigenvalue weighted by atomic mass is 9.84. The molecule has 0 amide bonds. The molecule has 0 aromatic heterocycles. The fraction of sp³-hybridized carbons (Fsp3) is 0.562. The lowest BCUT2D eigenvalue weighted by molar-refractivity contribution is 0.165. The van der Waals surface area contributed by atoms with Crippen molar-refractivity contribution in [3.05, 3.63) is 29.8 Å². The Labute approximate surface area is 115 Å². The smallest absolute Gasteiger partial charge is 0.128 e. The van der Waals surface area contributed by atoms with Gasteiger partial charge in [0.15, 0.2) is 0 Å². The molecule has 19 heavy (non-hydrogen) atoms. The second kappa shape index (κ2) is 4.86. The van der Waals surface area contributed by atoms with Crippen LogP contribution in [0.25, 0.3) is 0 Å². The van der Waals surface area contributed by atoms with Gasteiger partial charge in [-0.1, -0.05) is 18.2 Å². The molecule has 1 N–H and O–H groups in total. The first-order valence-electron chi connectivity index (χ1n) is 7.22. The molecule has 2 aliphatic rings. The maximum Gasteiger partial charge on any atom is 0.128 e. The van der Waals surface area contributed by atoms with Crippen LogP contribution in [0.5, 0.6) is 0 Å². The monoisotopic (exact) mass is 255 g/mol. The number of para-hydroxylation sites is 1. The molecule has 100 valence electrons. The van der Waals surface area contributed by atoms with Gasteiger partial charge in [0.1, 0.15) is 5.54 Å². The highest BCUT2D eigenvalue weighted by atomic mass is 15.2. The number of nitrogens with zero attached hydrogens (tertiary/aromatic N) is 2. The minimum Gasteiger partial charge on any atom is -0.367 e. The van der Waals surface area contributed by atoms with Gasteiger partial charge in [-0.15, -0.1) is 0 Å². The molecule has 2 saturated heterocycles. The van der Waals surface area contributed by atoms with E-state index in [0.29, 0.717) is 6.04 Å². The SMILES string of the molecule is Cc1ccccc1NC1(C#N)CCN2CCCC2C1. The van der Waals surface area contributed by atoms with Crippen LogP contribution in [-0.4, -0.2) is 29.6 Å². The minimum absolute atomic E-state index is 0.377. The Bertz CT molecular complexity index is 505. The maximum absolute atomic E-state index is 9.68. The average Bonchev–Trinajstić information content (AvgIpc) is 2.88. The van der Waals surface area contributed by atoms with E-state index in [1.807, 2.05) is 12.1 Å². The van der Waals surface area contributed by atoms with Gasteiger partial charge in [0.2, 0.25) is 0 Å². The second-order valence-electron chi connectivity index (χ2n) is 5.92. The summed E-state index contributed by atoms with van der Waals surface area (Å²) in [6.07, 6.45) is 4.42. The number of anilines is 1. The quantitative estimate of drug-likeness (QED) is 0.883. The lowest BCUT2D eigenvalue weighted by Gasteiger charge is -2.41. The van der Waals surface area contributed by atoms with E-state index < -0.39 is 0 Å². The average molecular weight is 255 g/mol. The van der Waals surface area contributed by atoms with Crippen molar-refractivity contribution in [2.75, 3.05) is 18.4 Å². The van der Waals surface area contributed by atoms with Crippen molar-refractivity contribution in [1.82, 2.24) is 4.90 Å². The third-order valence-corrected chi connectivity index (χ3v) is 4.64. The number of nitriles is 1. The summed E-state index contributed by atoms with van der Waals surface area (Å²) < 4.78 is 0. The lowest BCUT2D eigenvalue weighted by Crippen LogP contribution is -2.51. The summed E-state index contributed by atoms with van der Waals surface area (Å²) in [5.41, 5.74) is 1.94. The first kappa shape index (κ1) is 12.5. The Hall–Kier alpha value is -1.53. The highest BCUT2D eigenvalue weighted by Gasteiger charge is 2.41. The van der Waals surface area contributed by atoms with Gasteiger partial charge in [0.05, 0.1) is 6.07 Å². The van der Waals surface area contributed by atoms with Gasteiger partial charge in [-0.25, -0.2) is 0 Å². The number of fused-ring (bicyclic) bond motifs is 1. The third-order valence-electron chi connectivity index (χ3n) is 4.64. The zero-order valence-electron chi connectivity index (χ0n) is 11.5. The van der Waals surface area contributed by atoms with Crippen molar-refractivity contribution in [3.8, 4) is 6.07 Å². The number of rotatable bonds is 2. The molecular formula is C16H21N3. The summed E-state index contributed by atoms with van der Waals surface area (Å²) in [4.78, 5) is 2.55. The van der Waals surface area contributed by atoms with E-state index in [-0.39, 0.29) is 5.54 Å². The van der Waals surface area contributed by atoms with Crippen LogP contribution >= 0.6 is 0 Å². The van der Waals surface area contributed by atoms with Gasteiger partial charge in [-0.05, 0) is 50.8 Å². The fourth-order valence-corrected chi connectivity index (χ4v) is 3.47. The van der Waals surface area contributed by atoms with Gasteiger partial charge in [0.25, 0.3) is 0 Å². The Kier molecular flexibility index (Phi) is 3.20. The van der Waals surface area contributed by atoms with E-state index in [1.165, 1.54) is 24.9 Å². The first-order valence-corrected chi connectivity index (χ1v) is 7.22. The second-order valence-corrected chi connectivity index (χ2v) is 5.92. The molecule has 0 aliphatic carbocycles. The van der Waals surface area contributed by atoms with Crippen LogP contribution in [-0.2, 0) is 0 Å². The molecule has 0 bridgehead atoms. The Morgan fingerprint density at radius 1 is 1.37 bits per heavy atom. The van der Waals surface area contributed by atoms with E-state index in [4.69, 9.17) is 0 Å². The molecule has 2 heterocycles. The van der Waals surface area contributed by atoms with Gasteiger partial charge < -0.3 is 10.2 Å². The molecule has 2 atom stereocenters. The maximum atomic E-state index is 9.68. The minimum atomic E-state index is -0.377. The summed E-state index contributed by atoms with van der Waals surface area (Å²) in [7, 11) is 0. The number of aryl methyl sites for hydroxylation is 1. The third kappa shape index (κ3) is 2.33. The largest absolute Gasteiger partial charge is 0.367 e. The van der Waals surface area contributed by atoms with Crippen molar-refractivity contribution in [2.24, 2.45) is 0 Å². The van der Waals surface area contributed by atoms with Gasteiger partial charge in [-0.2, -0.15) is 5.26 Å². The molecule has 2 unspecified atom stereocenters. The molecule has 1 aromatic rings. The predicted octanol–water partition coefficient (Wildman–Crippen LogP) is 2.93. The fourth-order valence-electron chi connectivity index (χ4n) is 3.47. The summed E-state index contributed by atoms with van der Waals surface area (Å²) in [5, 5.41) is 13.2. The van der Waals surface area contributed by atoms with Crippen molar-refractivity contribution in [1.29, 1.82) is 5.26 Å². The van der Waals surface area contributed by atoms with Gasteiger partial charge in [0, 0.05) is 18.3 Å². The molecule has 0 radical (unpaired) electrons. The molecule has 1 aromatic carbocycles. The zero-order chi connectivity index (χ0) is 13.3. The predicted molar refractivity (Wildman–Crippen MR) is 77.0 cm³/mol. The Morgan fingerprint density at radius 2 is 2.21 bits per heavy atom. The highest BCUT2D eigenvalue weighted by Crippen LogP contribution is 2.35. The van der Waals surface area contributed by atoms with E-state index >= 15 is 0 Å². The van der Waals surface area contributed by atoms with Crippen LogP contribution in [0.15, 0.2) is 24.3 Å². The Morgan fingerprint density at radius 3 is 3.00 bits per heavy atom. The summed E-state index contributed by atoms with van der Waals surface area (Å²) in [6.45, 7) is 4.37. The molecular weight excluding hydrogens is 234 g/mol. The van der Waals surface area contributed by atoms with E-state index in [2.05, 4.69) is 35.3 Å². The topological polar surface area (TPSA) is 39.1 Å². The van der Waals surface area contributed by atoms with Crippen LogP contribution in [0.1, 0.15) is 31.2 Å². The number of hydrogen-bond acceptors (Lipinski definition) is 3. The Balaban J connectivity index is 1.81. The van der Waals surface area contributed by atoms with Crippen LogP contribution in [0.4, 0.5) is 5.69 Å². The number of hydrogen-bond donors (Lipinski definition) is 1. The van der Waals surface area contributed by atoms with Crippen LogP contribution in [0.2, 0.25) is 0 Å². The van der Waals surface area contributed by atoms with Crippen molar-refractivity contribution in [2.45, 2.75) is 44.2 Å². The molecule has 0 spiro atoms. The van der Waals surface area contributed by atoms with E-state index in [0.717, 1.165) is 25.1 Å². The van der Waals surface area contributed by atoms with E-state index in [1.54, 1.807) is 0 Å². The molecule has 3 heteroatoms. The normalized spacial score (nSPS) is 30.6. The van der Waals surface area contributed by atoms with Crippen LogP contribution in [0, 0.1) is 18.3 Å². The molecule has 0 saturated carbocycles. The molecule has 3 rings (SSSR count). The summed E-state index contributed by atoms with van der Waals surface area (Å²) in [6, 6.07) is 11.4. The van der Waals surface area contributed by atoms with Gasteiger partial charge >= 0.3 is 0 Å². The standard InChI is InChI=1S/C16H21N3/c1-13-5-2-3-7-15(13)18-16(12-17)8-10-19-9-4-6-14(19)11-16/h2-3,5,7,14,18H,4,6,8-11H2,1H3. The van der Waals surface area contributed by atoms with E-state index in [9.17, 15) is 5.26 Å². The summed E-state index contributed by atoms with van der Waals surface area (Å²) >= 11 is 0. The van der Waals surface area contributed by atoms with Crippen molar-refractivity contribution < 1.29 is 0 Å². The molecule has 3 nitrogen and oxygen atoms in total. The van der Waals surface area contributed by atoms with Crippen molar-refractivity contribution >= 4 is 5.69 Å². The number of nitrogens with one attached hydrogen (secondary N) is 1. The number of piperidine rings is 1. The highest BCUT2D eigenvalue weighted by molar-refractivity contribution is 5.54. The molecule has 2 fully saturated rings. The van der Waals surface area contributed by atoms with Crippen LogP contribution in [0.3, 0.4) is 0 Å². The summed E-state index contributed by atoms with van der Waals surface area (Å²) in [5.74, 6) is 0.